The molecule has 3 rings (SSSR count). The minimum atomic E-state index is 0.501. The van der Waals surface area contributed by atoms with E-state index in [4.69, 9.17) is 5.73 Å². The van der Waals surface area contributed by atoms with Crippen molar-refractivity contribution in [2.24, 2.45) is 5.73 Å². The molecule has 1 aromatic carbocycles. The summed E-state index contributed by atoms with van der Waals surface area (Å²) in [7, 11) is 0. The molecule has 0 spiro atoms. The SMILES string of the molecule is NCCCCN(Cc1ccccn1)C[C@H]1Cc2ccccc2CN1. The Bertz CT molecular complexity index is 614. The van der Waals surface area contributed by atoms with Gasteiger partial charge in [0.25, 0.3) is 0 Å². The van der Waals surface area contributed by atoms with E-state index in [1.54, 1.807) is 0 Å². The molecular weight excluding hydrogens is 296 g/mol. The molecule has 0 saturated heterocycles. The van der Waals surface area contributed by atoms with Crippen molar-refractivity contribution >= 4 is 0 Å². The number of benzene rings is 1. The molecule has 0 fully saturated rings. The average Bonchev–Trinajstić information content (AvgIpc) is 2.62. The summed E-state index contributed by atoms with van der Waals surface area (Å²) in [4.78, 5) is 7.01. The molecular formula is C20H28N4. The zero-order valence-electron chi connectivity index (χ0n) is 14.3. The molecule has 2 aromatic rings. The summed E-state index contributed by atoms with van der Waals surface area (Å²) >= 11 is 0. The predicted molar refractivity (Wildman–Crippen MR) is 98.6 cm³/mol. The highest BCUT2D eigenvalue weighted by Gasteiger charge is 2.20. The topological polar surface area (TPSA) is 54.2 Å². The highest BCUT2D eigenvalue weighted by molar-refractivity contribution is 5.30. The quantitative estimate of drug-likeness (QED) is 0.732. The lowest BCUT2D eigenvalue weighted by molar-refractivity contribution is 0.222. The van der Waals surface area contributed by atoms with Gasteiger partial charge in [-0.15, -0.1) is 0 Å². The Hall–Kier alpha value is -1.75. The third kappa shape index (κ3) is 4.87. The Labute approximate surface area is 145 Å². The summed E-state index contributed by atoms with van der Waals surface area (Å²) in [5, 5.41) is 3.70. The van der Waals surface area contributed by atoms with Crippen LogP contribution in [0.2, 0.25) is 0 Å². The van der Waals surface area contributed by atoms with Gasteiger partial charge in [0.1, 0.15) is 0 Å². The normalized spacial score (nSPS) is 17.0. The third-order valence-electron chi connectivity index (χ3n) is 4.68. The molecule has 128 valence electrons. The van der Waals surface area contributed by atoms with Crippen LogP contribution >= 0.6 is 0 Å². The molecule has 24 heavy (non-hydrogen) atoms. The molecule has 0 radical (unpaired) electrons. The monoisotopic (exact) mass is 324 g/mol. The molecule has 0 amide bonds. The molecule has 4 nitrogen and oxygen atoms in total. The number of nitrogens with one attached hydrogen (secondary N) is 1. The molecule has 0 bridgehead atoms. The second-order valence-electron chi connectivity index (χ2n) is 6.60. The number of nitrogens with zero attached hydrogens (tertiary/aromatic N) is 2. The first-order chi connectivity index (χ1) is 11.8. The Balaban J connectivity index is 1.61. The number of unbranched alkanes of at least 4 members (excludes halogenated alkanes) is 1. The van der Waals surface area contributed by atoms with Crippen molar-refractivity contribution in [2.45, 2.75) is 38.4 Å². The largest absolute Gasteiger partial charge is 0.330 e. The number of aromatic nitrogens is 1. The van der Waals surface area contributed by atoms with Crippen molar-refractivity contribution in [3.05, 3.63) is 65.5 Å². The lowest BCUT2D eigenvalue weighted by Crippen LogP contribution is -2.44. The van der Waals surface area contributed by atoms with Crippen LogP contribution in [-0.2, 0) is 19.5 Å². The second-order valence-corrected chi connectivity index (χ2v) is 6.60. The molecule has 1 aromatic heterocycles. The predicted octanol–water partition coefficient (Wildman–Crippen LogP) is 2.34. The maximum atomic E-state index is 5.66. The highest BCUT2D eigenvalue weighted by Crippen LogP contribution is 2.17. The van der Waals surface area contributed by atoms with Crippen LogP contribution < -0.4 is 11.1 Å². The summed E-state index contributed by atoms with van der Waals surface area (Å²) in [6.07, 6.45) is 5.21. The summed E-state index contributed by atoms with van der Waals surface area (Å²) in [6.45, 7) is 4.78. The fourth-order valence-electron chi connectivity index (χ4n) is 3.40. The Morgan fingerprint density at radius 1 is 1.08 bits per heavy atom. The molecule has 1 aliphatic heterocycles. The van der Waals surface area contributed by atoms with Crippen LogP contribution in [0, 0.1) is 0 Å². The van der Waals surface area contributed by atoms with Crippen LogP contribution in [0.5, 0.6) is 0 Å². The van der Waals surface area contributed by atoms with Gasteiger partial charge < -0.3 is 11.1 Å². The average molecular weight is 324 g/mol. The van der Waals surface area contributed by atoms with Crippen molar-refractivity contribution < 1.29 is 0 Å². The van der Waals surface area contributed by atoms with Crippen molar-refractivity contribution in [1.29, 1.82) is 0 Å². The van der Waals surface area contributed by atoms with Crippen LogP contribution in [0.3, 0.4) is 0 Å². The molecule has 0 unspecified atom stereocenters. The number of nitrogens with two attached hydrogens (primary N) is 1. The van der Waals surface area contributed by atoms with E-state index in [1.165, 1.54) is 11.1 Å². The molecule has 0 aliphatic carbocycles. The summed E-state index contributed by atoms with van der Waals surface area (Å²) < 4.78 is 0. The smallest absolute Gasteiger partial charge is 0.0543 e. The van der Waals surface area contributed by atoms with Gasteiger partial charge in [0.2, 0.25) is 0 Å². The van der Waals surface area contributed by atoms with Crippen LogP contribution in [0.4, 0.5) is 0 Å². The molecule has 0 saturated carbocycles. The number of hydrogen-bond acceptors (Lipinski definition) is 4. The van der Waals surface area contributed by atoms with E-state index in [1.807, 2.05) is 12.3 Å². The van der Waals surface area contributed by atoms with Crippen molar-refractivity contribution in [3.63, 3.8) is 0 Å². The first-order valence-electron chi connectivity index (χ1n) is 8.97. The number of pyridine rings is 1. The molecule has 4 heteroatoms. The van der Waals surface area contributed by atoms with E-state index in [0.717, 1.165) is 57.7 Å². The van der Waals surface area contributed by atoms with Gasteiger partial charge in [0.15, 0.2) is 0 Å². The van der Waals surface area contributed by atoms with Crippen LogP contribution in [0.15, 0.2) is 48.7 Å². The zero-order valence-corrected chi connectivity index (χ0v) is 14.3. The molecule has 1 atom stereocenters. The Morgan fingerprint density at radius 3 is 2.71 bits per heavy atom. The fraction of sp³-hybridized carbons (Fsp3) is 0.450. The first-order valence-corrected chi connectivity index (χ1v) is 8.97. The van der Waals surface area contributed by atoms with Gasteiger partial charge in [-0.05, 0) is 55.6 Å². The van der Waals surface area contributed by atoms with Crippen molar-refractivity contribution in [2.75, 3.05) is 19.6 Å². The minimum Gasteiger partial charge on any atom is -0.330 e. The Morgan fingerprint density at radius 2 is 1.92 bits per heavy atom. The number of rotatable bonds is 8. The zero-order chi connectivity index (χ0) is 16.6. The summed E-state index contributed by atoms with van der Waals surface area (Å²) in [5.41, 5.74) is 9.73. The van der Waals surface area contributed by atoms with Crippen LogP contribution in [0.25, 0.3) is 0 Å². The van der Waals surface area contributed by atoms with Gasteiger partial charge in [-0.3, -0.25) is 9.88 Å². The van der Waals surface area contributed by atoms with Crippen LogP contribution in [0.1, 0.15) is 29.7 Å². The highest BCUT2D eigenvalue weighted by atomic mass is 15.2. The lowest BCUT2D eigenvalue weighted by atomic mass is 9.95. The number of fused-ring (bicyclic) bond motifs is 1. The van der Waals surface area contributed by atoms with Gasteiger partial charge in [-0.1, -0.05) is 30.3 Å². The van der Waals surface area contributed by atoms with E-state index >= 15 is 0 Å². The Kier molecular flexibility index (Phi) is 6.35. The van der Waals surface area contributed by atoms with E-state index < -0.39 is 0 Å². The second kappa shape index (κ2) is 8.92. The third-order valence-corrected chi connectivity index (χ3v) is 4.68. The van der Waals surface area contributed by atoms with E-state index in [2.05, 4.69) is 51.6 Å². The maximum Gasteiger partial charge on any atom is 0.0543 e. The van der Waals surface area contributed by atoms with Gasteiger partial charge in [0, 0.05) is 31.9 Å². The molecule has 2 heterocycles. The maximum absolute atomic E-state index is 5.66. The van der Waals surface area contributed by atoms with Gasteiger partial charge in [-0.25, -0.2) is 0 Å². The van der Waals surface area contributed by atoms with Gasteiger partial charge >= 0.3 is 0 Å². The van der Waals surface area contributed by atoms with E-state index in [0.29, 0.717) is 6.04 Å². The molecule has 3 N–H and O–H groups in total. The van der Waals surface area contributed by atoms with Gasteiger partial charge in [0.05, 0.1) is 5.69 Å². The summed E-state index contributed by atoms with van der Waals surface area (Å²) in [5.74, 6) is 0. The fourth-order valence-corrected chi connectivity index (χ4v) is 3.40. The molecule has 1 aliphatic rings. The number of hydrogen-bond donors (Lipinski definition) is 2. The lowest BCUT2D eigenvalue weighted by Gasteiger charge is -2.31. The van der Waals surface area contributed by atoms with Crippen LogP contribution in [-0.4, -0.2) is 35.6 Å². The minimum absolute atomic E-state index is 0.501. The van der Waals surface area contributed by atoms with E-state index in [9.17, 15) is 0 Å². The van der Waals surface area contributed by atoms with E-state index in [-0.39, 0.29) is 0 Å². The van der Waals surface area contributed by atoms with Crippen molar-refractivity contribution in [1.82, 2.24) is 15.2 Å². The van der Waals surface area contributed by atoms with Gasteiger partial charge in [-0.2, -0.15) is 0 Å². The summed E-state index contributed by atoms with van der Waals surface area (Å²) in [6, 6.07) is 15.4. The van der Waals surface area contributed by atoms with Crippen molar-refractivity contribution in [3.8, 4) is 0 Å². The standard InChI is InChI=1S/C20H28N4/c21-10-4-6-12-24(15-19-9-3-5-11-22-19)16-20-13-17-7-1-2-8-18(17)14-23-20/h1-3,5,7-9,11,20,23H,4,6,10,12-16,21H2/t20-/m1/s1. The first kappa shape index (κ1) is 17.1.